The first-order chi connectivity index (χ1) is 13.8. The van der Waals surface area contributed by atoms with Gasteiger partial charge in [-0.2, -0.15) is 8.42 Å². The number of aryl methyl sites for hydroxylation is 1. The van der Waals surface area contributed by atoms with Gasteiger partial charge in [-0.25, -0.2) is 0 Å². The van der Waals surface area contributed by atoms with Crippen LogP contribution in [0.3, 0.4) is 0 Å². The zero-order valence-electron chi connectivity index (χ0n) is 19.0. The number of methoxy groups -OCH3 is 1. The average molecular weight is 455 g/mol. The number of esters is 1. The van der Waals surface area contributed by atoms with Crippen LogP contribution in [0.1, 0.15) is 39.2 Å². The molecule has 3 rings (SSSR count). The molecule has 2 aliphatic carbocycles. The SMILES string of the molecule is COC(=O)C[C@@H]1[C@@H]2[C@H]1[C@@H](OS(=O)(=O)c1ccc(C)cc1)C[C@H]2O[Si](C)(C)C(C)(C)C. The fourth-order valence-electron chi connectivity index (χ4n) is 4.27. The normalized spacial score (nSPS) is 28.8. The molecule has 0 spiro atoms. The first kappa shape index (κ1) is 23.4. The van der Waals surface area contributed by atoms with Gasteiger partial charge in [-0.1, -0.05) is 38.5 Å². The van der Waals surface area contributed by atoms with E-state index >= 15 is 0 Å². The average Bonchev–Trinajstić information content (AvgIpc) is 3.22. The molecule has 1 aromatic rings. The zero-order chi connectivity index (χ0) is 22.5. The second-order valence-corrected chi connectivity index (χ2v) is 16.5. The second kappa shape index (κ2) is 8.04. The number of hydrogen-bond donors (Lipinski definition) is 0. The van der Waals surface area contributed by atoms with E-state index in [4.69, 9.17) is 13.3 Å². The molecular weight excluding hydrogens is 420 g/mol. The Hall–Kier alpha value is -1.22. The molecular formula is C22H34O6SSi. The summed E-state index contributed by atoms with van der Waals surface area (Å²) in [6.45, 7) is 12.8. The van der Waals surface area contributed by atoms with Crippen LogP contribution in [0.15, 0.2) is 29.2 Å². The van der Waals surface area contributed by atoms with Gasteiger partial charge in [0.05, 0.1) is 24.2 Å². The Kier molecular flexibility index (Phi) is 6.28. The molecule has 2 saturated carbocycles. The highest BCUT2D eigenvalue weighted by atomic mass is 32.2. The third-order valence-corrected chi connectivity index (χ3v) is 12.9. The molecule has 0 N–H and O–H groups in total. The van der Waals surface area contributed by atoms with Crippen LogP contribution in [-0.2, 0) is 28.3 Å². The molecule has 8 heteroatoms. The van der Waals surface area contributed by atoms with E-state index < -0.39 is 24.5 Å². The van der Waals surface area contributed by atoms with Gasteiger partial charge in [-0.05, 0) is 54.9 Å². The van der Waals surface area contributed by atoms with Crippen molar-refractivity contribution in [1.29, 1.82) is 0 Å². The van der Waals surface area contributed by atoms with Crippen LogP contribution in [0.4, 0.5) is 0 Å². The Morgan fingerprint density at radius 3 is 2.20 bits per heavy atom. The third kappa shape index (κ3) is 4.66. The standard InChI is InChI=1S/C22H34O6SSi/c1-14-8-10-15(11-9-14)29(24,25)27-17-13-18(28-30(6,7)22(2,3)4)21-16(20(17)21)12-19(23)26-5/h8-11,16-18,20-21H,12-13H2,1-7H3/t16-,17-,18+,20+,21-/m0/s1. The number of carbonyl (C=O) groups is 1. The summed E-state index contributed by atoms with van der Waals surface area (Å²) in [4.78, 5) is 12.0. The van der Waals surface area contributed by atoms with Gasteiger partial charge in [0, 0.05) is 12.8 Å². The lowest BCUT2D eigenvalue weighted by Crippen LogP contribution is -2.44. The number of rotatable bonds is 7. The molecule has 0 aromatic heterocycles. The number of fused-ring (bicyclic) bond motifs is 1. The number of benzene rings is 1. The smallest absolute Gasteiger partial charge is 0.305 e. The molecule has 0 heterocycles. The lowest BCUT2D eigenvalue weighted by Gasteiger charge is -2.39. The third-order valence-electron chi connectivity index (χ3n) is 7.06. The van der Waals surface area contributed by atoms with E-state index in [0.717, 1.165) is 5.56 Å². The van der Waals surface area contributed by atoms with Gasteiger partial charge >= 0.3 is 5.97 Å². The summed E-state index contributed by atoms with van der Waals surface area (Å²) in [5, 5.41) is 0.0438. The van der Waals surface area contributed by atoms with Crippen LogP contribution >= 0.6 is 0 Å². The van der Waals surface area contributed by atoms with Gasteiger partial charge in [-0.3, -0.25) is 8.98 Å². The number of ether oxygens (including phenoxy) is 1. The summed E-state index contributed by atoms with van der Waals surface area (Å²) < 4.78 is 42.9. The molecule has 2 aliphatic rings. The summed E-state index contributed by atoms with van der Waals surface area (Å²) in [7, 11) is -4.55. The molecule has 0 unspecified atom stereocenters. The summed E-state index contributed by atoms with van der Waals surface area (Å²) in [6, 6.07) is 6.65. The molecule has 0 bridgehead atoms. The molecule has 6 nitrogen and oxygen atoms in total. The van der Waals surface area contributed by atoms with E-state index in [1.165, 1.54) is 7.11 Å². The van der Waals surface area contributed by atoms with Gasteiger partial charge in [0.2, 0.25) is 0 Å². The summed E-state index contributed by atoms with van der Waals surface area (Å²) in [6.07, 6.45) is 0.229. The highest BCUT2D eigenvalue weighted by molar-refractivity contribution is 7.86. The number of carbonyl (C=O) groups excluding carboxylic acids is 1. The monoisotopic (exact) mass is 454 g/mol. The zero-order valence-corrected chi connectivity index (χ0v) is 20.8. The molecule has 0 aliphatic heterocycles. The Labute approximate surface area is 181 Å². The molecule has 1 aromatic carbocycles. The van der Waals surface area contributed by atoms with E-state index in [9.17, 15) is 13.2 Å². The molecule has 5 atom stereocenters. The van der Waals surface area contributed by atoms with Crippen LogP contribution in [0.2, 0.25) is 18.1 Å². The van der Waals surface area contributed by atoms with E-state index in [1.54, 1.807) is 24.3 Å². The van der Waals surface area contributed by atoms with Crippen LogP contribution < -0.4 is 0 Å². The van der Waals surface area contributed by atoms with Crippen LogP contribution in [0, 0.1) is 24.7 Å². The highest BCUT2D eigenvalue weighted by Gasteiger charge is 2.66. The maximum Gasteiger partial charge on any atom is 0.305 e. The van der Waals surface area contributed by atoms with Gasteiger partial charge in [-0.15, -0.1) is 0 Å². The van der Waals surface area contributed by atoms with E-state index in [2.05, 4.69) is 33.9 Å². The molecule has 0 amide bonds. The molecule has 30 heavy (non-hydrogen) atoms. The maximum absolute atomic E-state index is 12.9. The molecule has 2 fully saturated rings. The fraction of sp³-hybridized carbons (Fsp3) is 0.682. The Balaban J connectivity index is 1.79. The highest BCUT2D eigenvalue weighted by Crippen LogP contribution is 2.62. The van der Waals surface area contributed by atoms with E-state index in [1.807, 2.05) is 6.92 Å². The van der Waals surface area contributed by atoms with Gasteiger partial charge in [0.1, 0.15) is 0 Å². The van der Waals surface area contributed by atoms with Crippen molar-refractivity contribution in [2.45, 2.75) is 75.8 Å². The fourth-order valence-corrected chi connectivity index (χ4v) is 6.75. The Morgan fingerprint density at radius 2 is 1.67 bits per heavy atom. The minimum atomic E-state index is -3.88. The van der Waals surface area contributed by atoms with Gasteiger partial charge in [0.15, 0.2) is 8.32 Å². The van der Waals surface area contributed by atoms with Crippen LogP contribution in [-0.4, -0.2) is 42.0 Å². The van der Waals surface area contributed by atoms with Crippen molar-refractivity contribution in [1.82, 2.24) is 0 Å². The van der Waals surface area contributed by atoms with Crippen molar-refractivity contribution >= 4 is 24.4 Å². The van der Waals surface area contributed by atoms with Crippen molar-refractivity contribution < 1.29 is 26.6 Å². The second-order valence-electron chi connectivity index (χ2n) is 10.2. The summed E-state index contributed by atoms with van der Waals surface area (Å²) in [5.74, 6) is -0.102. The quantitative estimate of drug-likeness (QED) is 0.347. The first-order valence-electron chi connectivity index (χ1n) is 10.5. The van der Waals surface area contributed by atoms with Crippen LogP contribution in [0.5, 0.6) is 0 Å². The summed E-state index contributed by atoms with van der Waals surface area (Å²) in [5.41, 5.74) is 0.984. The minimum Gasteiger partial charge on any atom is -0.469 e. The Bertz CT molecular complexity index is 887. The molecule has 0 saturated heterocycles. The van der Waals surface area contributed by atoms with E-state index in [0.29, 0.717) is 6.42 Å². The van der Waals surface area contributed by atoms with Crippen molar-refractivity contribution in [3.63, 3.8) is 0 Å². The summed E-state index contributed by atoms with van der Waals surface area (Å²) >= 11 is 0. The molecule has 168 valence electrons. The molecule has 0 radical (unpaired) electrons. The van der Waals surface area contributed by atoms with Gasteiger partial charge < -0.3 is 9.16 Å². The van der Waals surface area contributed by atoms with Crippen molar-refractivity contribution in [2.24, 2.45) is 17.8 Å². The largest absolute Gasteiger partial charge is 0.469 e. The maximum atomic E-state index is 12.9. The Morgan fingerprint density at radius 1 is 1.10 bits per heavy atom. The van der Waals surface area contributed by atoms with Crippen LogP contribution in [0.25, 0.3) is 0 Å². The van der Waals surface area contributed by atoms with Crippen molar-refractivity contribution in [3.8, 4) is 0 Å². The predicted octanol–water partition coefficient (Wildman–Crippen LogP) is 4.29. The topological polar surface area (TPSA) is 78.9 Å². The lowest BCUT2D eigenvalue weighted by atomic mass is 10.1. The number of hydrogen-bond acceptors (Lipinski definition) is 6. The van der Waals surface area contributed by atoms with Crippen molar-refractivity contribution in [3.05, 3.63) is 29.8 Å². The van der Waals surface area contributed by atoms with E-state index in [-0.39, 0.29) is 46.2 Å². The minimum absolute atomic E-state index is 0.000841. The van der Waals surface area contributed by atoms with Gasteiger partial charge in [0.25, 0.3) is 10.1 Å². The first-order valence-corrected chi connectivity index (χ1v) is 14.8. The lowest BCUT2D eigenvalue weighted by molar-refractivity contribution is -0.141. The predicted molar refractivity (Wildman–Crippen MR) is 117 cm³/mol. The van der Waals surface area contributed by atoms with Crippen molar-refractivity contribution in [2.75, 3.05) is 7.11 Å².